The molecule has 0 aliphatic rings. The second-order valence-corrected chi connectivity index (χ2v) is 8.16. The zero-order chi connectivity index (χ0) is 17.8. The van der Waals surface area contributed by atoms with Crippen LogP contribution in [0, 0.1) is 0 Å². The maximum Gasteiger partial charge on any atom is 0.407 e. The van der Waals surface area contributed by atoms with Crippen LogP contribution in [0.2, 0.25) is 0 Å². The van der Waals surface area contributed by atoms with E-state index in [-0.39, 0.29) is 30.2 Å². The number of hydrogen-bond acceptors (Lipinski definition) is 7. The molecule has 23 heavy (non-hydrogen) atoms. The van der Waals surface area contributed by atoms with Gasteiger partial charge in [0, 0.05) is 6.26 Å². The van der Waals surface area contributed by atoms with Crippen LogP contribution in [-0.4, -0.2) is 58.2 Å². The Hall–Kier alpha value is -2.17. The van der Waals surface area contributed by atoms with Crippen molar-refractivity contribution in [2.75, 3.05) is 12.0 Å². The minimum Gasteiger partial charge on any atom is -0.476 e. The van der Waals surface area contributed by atoms with Crippen LogP contribution in [0.4, 0.5) is 4.79 Å². The molecule has 0 aromatic carbocycles. The van der Waals surface area contributed by atoms with Crippen molar-refractivity contribution in [3.8, 4) is 0 Å². The number of ether oxygens (including phenoxy) is 1. The van der Waals surface area contributed by atoms with Gasteiger partial charge in [-0.3, -0.25) is 0 Å². The van der Waals surface area contributed by atoms with Gasteiger partial charge in [0.2, 0.25) is 0 Å². The number of hydrogen-bond donors (Lipinski definition) is 2. The van der Waals surface area contributed by atoms with Crippen LogP contribution >= 0.6 is 0 Å². The summed E-state index contributed by atoms with van der Waals surface area (Å²) in [6.45, 7) is 4.80. The van der Waals surface area contributed by atoms with Gasteiger partial charge in [-0.1, -0.05) is 5.21 Å². The molecule has 11 heteroatoms. The molecule has 1 aromatic heterocycles. The zero-order valence-electron chi connectivity index (χ0n) is 13.4. The van der Waals surface area contributed by atoms with E-state index >= 15 is 0 Å². The predicted octanol–water partition coefficient (Wildman–Crippen LogP) is 0.0456. The van der Waals surface area contributed by atoms with E-state index < -0.39 is 27.5 Å². The van der Waals surface area contributed by atoms with E-state index in [1.165, 1.54) is 0 Å². The highest BCUT2D eigenvalue weighted by Crippen LogP contribution is 2.09. The van der Waals surface area contributed by atoms with E-state index in [1.54, 1.807) is 20.8 Å². The molecular weight excluding hydrogens is 328 g/mol. The maximum absolute atomic E-state index is 11.6. The first-order chi connectivity index (χ1) is 10.4. The third kappa shape index (κ3) is 6.63. The second kappa shape index (κ2) is 6.94. The van der Waals surface area contributed by atoms with Gasteiger partial charge in [-0.05, 0) is 20.8 Å². The average molecular weight is 348 g/mol. The lowest BCUT2D eigenvalue weighted by Gasteiger charge is -2.19. The van der Waals surface area contributed by atoms with E-state index in [0.29, 0.717) is 0 Å². The van der Waals surface area contributed by atoms with E-state index in [9.17, 15) is 18.0 Å². The maximum atomic E-state index is 11.6. The first-order valence-corrected chi connectivity index (χ1v) is 8.75. The third-order valence-electron chi connectivity index (χ3n) is 2.51. The molecule has 0 fully saturated rings. The van der Waals surface area contributed by atoms with Crippen LogP contribution in [0.3, 0.4) is 0 Å². The van der Waals surface area contributed by atoms with Crippen LogP contribution in [0.15, 0.2) is 0 Å². The van der Waals surface area contributed by atoms with E-state index in [0.717, 1.165) is 10.9 Å². The highest BCUT2D eigenvalue weighted by atomic mass is 32.2. The number of nitrogens with zero attached hydrogens (tertiary/aromatic N) is 3. The largest absolute Gasteiger partial charge is 0.476 e. The summed E-state index contributed by atoms with van der Waals surface area (Å²) in [4.78, 5) is 22.8. The molecule has 0 radical (unpaired) electrons. The predicted molar refractivity (Wildman–Crippen MR) is 79.8 cm³/mol. The minimum absolute atomic E-state index is 0.0650. The quantitative estimate of drug-likeness (QED) is 0.734. The number of carboxylic acid groups (broad SMARTS) is 1. The van der Waals surface area contributed by atoms with E-state index in [4.69, 9.17) is 9.84 Å². The Balaban J connectivity index is 2.87. The van der Waals surface area contributed by atoms with Crippen LogP contribution in [0.1, 0.15) is 37.0 Å². The molecule has 10 nitrogen and oxygen atoms in total. The fourth-order valence-corrected chi connectivity index (χ4v) is 2.08. The summed E-state index contributed by atoms with van der Waals surface area (Å²) in [7, 11) is -3.25. The van der Waals surface area contributed by atoms with Gasteiger partial charge in [0.1, 0.15) is 15.4 Å². The number of alkyl carbamates (subject to hydrolysis) is 1. The standard InChI is InChI=1S/C12H20N4O6S/c1-12(2,3)22-11(19)13-7-8-9(10(17)18)14-15-16(8)5-6-23(4,20)21/h5-7H2,1-4H3,(H,13,19)(H,17,18). The zero-order valence-corrected chi connectivity index (χ0v) is 14.2. The van der Waals surface area contributed by atoms with Crippen molar-refractivity contribution in [1.29, 1.82) is 0 Å². The molecule has 0 spiro atoms. The van der Waals surface area contributed by atoms with Gasteiger partial charge in [0.05, 0.1) is 24.5 Å². The van der Waals surface area contributed by atoms with Crippen LogP contribution in [-0.2, 0) is 27.7 Å². The summed E-state index contributed by atoms with van der Waals surface area (Å²) in [5, 5.41) is 18.6. The summed E-state index contributed by atoms with van der Waals surface area (Å²) < 4.78 is 28.6. The molecule has 0 aliphatic carbocycles. The molecule has 2 N–H and O–H groups in total. The molecule has 1 aromatic rings. The van der Waals surface area contributed by atoms with Gasteiger partial charge in [-0.15, -0.1) is 5.10 Å². The van der Waals surface area contributed by atoms with Gasteiger partial charge < -0.3 is 15.2 Å². The monoisotopic (exact) mass is 348 g/mol. The lowest BCUT2D eigenvalue weighted by molar-refractivity contribution is 0.0519. The second-order valence-electron chi connectivity index (χ2n) is 5.90. The fourth-order valence-electron chi connectivity index (χ4n) is 1.58. The van der Waals surface area contributed by atoms with Gasteiger partial charge in [-0.25, -0.2) is 22.7 Å². The van der Waals surface area contributed by atoms with Crippen LogP contribution < -0.4 is 5.32 Å². The summed E-state index contributed by atoms with van der Waals surface area (Å²) in [5.74, 6) is -1.55. The SMILES string of the molecule is CC(C)(C)OC(=O)NCc1c(C(=O)O)nnn1CCS(C)(=O)=O. The Bertz CT molecular complexity index is 689. The average Bonchev–Trinajstić information content (AvgIpc) is 2.73. The van der Waals surface area contributed by atoms with Gasteiger partial charge in [0.15, 0.2) is 5.69 Å². The molecule has 1 amide bonds. The molecule has 0 saturated carbocycles. The molecule has 0 aliphatic heterocycles. The number of carbonyl (C=O) groups excluding carboxylic acids is 1. The summed E-state index contributed by atoms with van der Waals surface area (Å²) in [6.07, 6.45) is 0.324. The van der Waals surface area contributed by atoms with Gasteiger partial charge in [0.25, 0.3) is 0 Å². The number of aromatic carboxylic acids is 1. The summed E-state index contributed by atoms with van der Waals surface area (Å²) in [5.41, 5.74) is -0.962. The number of carboxylic acids is 1. The van der Waals surface area contributed by atoms with Crippen molar-refractivity contribution in [1.82, 2.24) is 20.3 Å². The molecular formula is C12H20N4O6S. The fraction of sp³-hybridized carbons (Fsp3) is 0.667. The van der Waals surface area contributed by atoms with Crippen LogP contribution in [0.5, 0.6) is 0 Å². The van der Waals surface area contributed by atoms with Crippen LogP contribution in [0.25, 0.3) is 0 Å². The Kier molecular flexibility index (Phi) is 5.70. The highest BCUT2D eigenvalue weighted by molar-refractivity contribution is 7.90. The molecule has 0 bridgehead atoms. The molecule has 0 atom stereocenters. The van der Waals surface area contributed by atoms with Crippen molar-refractivity contribution in [2.24, 2.45) is 0 Å². The summed E-state index contributed by atoms with van der Waals surface area (Å²) in [6, 6.07) is 0. The molecule has 1 heterocycles. The first-order valence-electron chi connectivity index (χ1n) is 6.69. The Morgan fingerprint density at radius 2 is 1.96 bits per heavy atom. The Morgan fingerprint density at radius 3 is 2.43 bits per heavy atom. The molecule has 130 valence electrons. The lowest BCUT2D eigenvalue weighted by Crippen LogP contribution is -2.33. The molecule has 0 saturated heterocycles. The number of nitrogens with one attached hydrogen (secondary N) is 1. The van der Waals surface area contributed by atoms with Crippen molar-refractivity contribution in [3.05, 3.63) is 11.4 Å². The van der Waals surface area contributed by atoms with E-state index in [2.05, 4.69) is 15.6 Å². The van der Waals surface area contributed by atoms with Crippen molar-refractivity contribution in [3.63, 3.8) is 0 Å². The lowest BCUT2D eigenvalue weighted by atomic mass is 10.2. The van der Waals surface area contributed by atoms with E-state index in [1.807, 2.05) is 0 Å². The normalized spacial score (nSPS) is 12.0. The van der Waals surface area contributed by atoms with Gasteiger partial charge in [-0.2, -0.15) is 0 Å². The smallest absolute Gasteiger partial charge is 0.407 e. The number of rotatable bonds is 6. The Labute approximate surface area is 133 Å². The topological polar surface area (TPSA) is 140 Å². The molecule has 0 unspecified atom stereocenters. The number of amides is 1. The number of sulfone groups is 1. The number of aryl methyl sites for hydroxylation is 1. The van der Waals surface area contributed by atoms with Crippen molar-refractivity contribution in [2.45, 2.75) is 39.5 Å². The van der Waals surface area contributed by atoms with Crippen molar-refractivity contribution < 1.29 is 27.9 Å². The third-order valence-corrected chi connectivity index (χ3v) is 3.44. The number of carbonyl (C=O) groups is 2. The first kappa shape index (κ1) is 18.9. The summed E-state index contributed by atoms with van der Waals surface area (Å²) >= 11 is 0. The van der Waals surface area contributed by atoms with Crippen molar-refractivity contribution >= 4 is 21.9 Å². The highest BCUT2D eigenvalue weighted by Gasteiger charge is 2.22. The molecule has 1 rings (SSSR count). The Morgan fingerprint density at radius 1 is 1.35 bits per heavy atom. The minimum atomic E-state index is -3.25. The number of aromatic nitrogens is 3. The van der Waals surface area contributed by atoms with Gasteiger partial charge >= 0.3 is 12.1 Å².